The molecule has 0 fully saturated rings. The second-order valence-electron chi connectivity index (χ2n) is 7.05. The number of rotatable bonds is 8. The Labute approximate surface area is 130 Å². The number of hydrogen-bond acceptors (Lipinski definition) is 2. The molecule has 0 radical (unpaired) electrons. The Balaban J connectivity index is 2.12. The normalized spacial score (nSPS) is 12.7. The average Bonchev–Trinajstić information content (AvgIpc) is 2.38. The third kappa shape index (κ3) is 6.28. The molecule has 21 heavy (non-hydrogen) atoms. The van der Waals surface area contributed by atoms with E-state index in [2.05, 4.69) is 39.2 Å². The van der Waals surface area contributed by atoms with Crippen LogP contribution in [-0.2, 0) is 10.8 Å². The fourth-order valence-corrected chi connectivity index (χ4v) is 2.87. The predicted octanol–water partition coefficient (Wildman–Crippen LogP) is 4.37. The zero-order valence-electron chi connectivity index (χ0n) is 14.1. The molecular weight excluding hydrogens is 281 g/mol. The van der Waals surface area contributed by atoms with Crippen molar-refractivity contribution in [1.82, 2.24) is 5.32 Å². The first-order valence-electron chi connectivity index (χ1n) is 7.82. The zero-order chi connectivity index (χ0) is 15.9. The van der Waals surface area contributed by atoms with E-state index >= 15 is 0 Å². The van der Waals surface area contributed by atoms with Crippen LogP contribution in [-0.4, -0.2) is 28.0 Å². The lowest BCUT2D eigenvalue weighted by Gasteiger charge is -2.36. The van der Waals surface area contributed by atoms with Gasteiger partial charge in [0.2, 0.25) is 0 Å². The summed E-state index contributed by atoms with van der Waals surface area (Å²) in [5.41, 5.74) is 0.803. The van der Waals surface area contributed by atoms with E-state index in [0.29, 0.717) is 0 Å². The van der Waals surface area contributed by atoms with E-state index < -0.39 is 8.32 Å². The van der Waals surface area contributed by atoms with Crippen molar-refractivity contribution >= 4 is 8.32 Å². The molecule has 0 aliphatic heterocycles. The molecule has 0 unspecified atom stereocenters. The monoisotopic (exact) mass is 311 g/mol. The van der Waals surface area contributed by atoms with Gasteiger partial charge in [0.1, 0.15) is 5.82 Å². The lowest BCUT2D eigenvalue weighted by molar-refractivity contribution is 0.286. The second kappa shape index (κ2) is 8.06. The third-order valence-electron chi connectivity index (χ3n) is 4.31. The molecule has 0 aliphatic carbocycles. The standard InChI is InChI=1S/C17H30FNOSi/c1-17(2,3)21(4,5)20-14-13-19-12-8-10-15-9-6-7-11-16(15)18/h6-7,9,11,19H,8,10,12-14H2,1-5H3. The van der Waals surface area contributed by atoms with E-state index in [0.717, 1.165) is 38.1 Å². The largest absolute Gasteiger partial charge is 0.416 e. The van der Waals surface area contributed by atoms with E-state index in [9.17, 15) is 4.39 Å². The molecule has 0 aliphatic rings. The van der Waals surface area contributed by atoms with Gasteiger partial charge in [0, 0.05) is 13.2 Å². The summed E-state index contributed by atoms with van der Waals surface area (Å²) in [5.74, 6) is -0.0984. The highest BCUT2D eigenvalue weighted by Crippen LogP contribution is 2.36. The van der Waals surface area contributed by atoms with Gasteiger partial charge in [-0.15, -0.1) is 0 Å². The molecular formula is C17H30FNOSi. The molecule has 1 aromatic carbocycles. The summed E-state index contributed by atoms with van der Waals surface area (Å²) < 4.78 is 19.5. The minimum absolute atomic E-state index is 0.0984. The Kier molecular flexibility index (Phi) is 7.04. The number of hydrogen-bond donors (Lipinski definition) is 1. The number of nitrogens with one attached hydrogen (secondary N) is 1. The highest BCUT2D eigenvalue weighted by atomic mass is 28.4. The maximum Gasteiger partial charge on any atom is 0.192 e. The van der Waals surface area contributed by atoms with Crippen molar-refractivity contribution in [3.63, 3.8) is 0 Å². The molecule has 0 saturated heterocycles. The topological polar surface area (TPSA) is 21.3 Å². The lowest BCUT2D eigenvalue weighted by atomic mass is 10.1. The summed E-state index contributed by atoms with van der Waals surface area (Å²) in [6, 6.07) is 7.00. The van der Waals surface area contributed by atoms with Crippen LogP contribution < -0.4 is 5.32 Å². The van der Waals surface area contributed by atoms with Gasteiger partial charge in [-0.25, -0.2) is 4.39 Å². The number of halogens is 1. The first kappa shape index (κ1) is 18.3. The van der Waals surface area contributed by atoms with E-state index in [1.54, 1.807) is 6.07 Å². The van der Waals surface area contributed by atoms with Crippen LogP contribution >= 0.6 is 0 Å². The Hall–Kier alpha value is -0.713. The summed E-state index contributed by atoms with van der Waals surface area (Å²) in [4.78, 5) is 0. The van der Waals surface area contributed by atoms with Crippen molar-refractivity contribution < 1.29 is 8.82 Å². The van der Waals surface area contributed by atoms with Crippen LogP contribution in [0, 0.1) is 5.82 Å². The molecule has 120 valence electrons. The van der Waals surface area contributed by atoms with Gasteiger partial charge in [0.05, 0.1) is 0 Å². The fourth-order valence-electron chi connectivity index (χ4n) is 1.82. The number of benzene rings is 1. The van der Waals surface area contributed by atoms with E-state index in [4.69, 9.17) is 4.43 Å². The van der Waals surface area contributed by atoms with Gasteiger partial charge in [-0.1, -0.05) is 39.0 Å². The SMILES string of the molecule is CC(C)(C)[Si](C)(C)OCCNCCCc1ccccc1F. The maximum absolute atomic E-state index is 13.4. The summed E-state index contributed by atoms with van der Waals surface area (Å²) in [7, 11) is -1.62. The smallest absolute Gasteiger partial charge is 0.192 e. The molecule has 0 heterocycles. The molecule has 1 N–H and O–H groups in total. The minimum atomic E-state index is -1.62. The molecule has 0 saturated carbocycles. The van der Waals surface area contributed by atoms with E-state index in [1.807, 2.05) is 12.1 Å². The van der Waals surface area contributed by atoms with Gasteiger partial charge < -0.3 is 9.74 Å². The molecule has 0 amide bonds. The Morgan fingerprint density at radius 3 is 2.43 bits per heavy atom. The van der Waals surface area contributed by atoms with E-state index in [-0.39, 0.29) is 10.9 Å². The van der Waals surface area contributed by atoms with Gasteiger partial charge in [0.25, 0.3) is 0 Å². The number of aryl methyl sites for hydroxylation is 1. The van der Waals surface area contributed by atoms with Crippen LogP contribution in [0.5, 0.6) is 0 Å². The quantitative estimate of drug-likeness (QED) is 0.568. The third-order valence-corrected chi connectivity index (χ3v) is 8.84. The van der Waals surface area contributed by atoms with Gasteiger partial charge in [-0.2, -0.15) is 0 Å². The molecule has 1 rings (SSSR count). The highest BCUT2D eigenvalue weighted by Gasteiger charge is 2.36. The summed E-state index contributed by atoms with van der Waals surface area (Å²) in [6.07, 6.45) is 1.73. The predicted molar refractivity (Wildman–Crippen MR) is 90.7 cm³/mol. The lowest BCUT2D eigenvalue weighted by Crippen LogP contribution is -2.42. The van der Waals surface area contributed by atoms with Crippen molar-refractivity contribution in [1.29, 1.82) is 0 Å². The Morgan fingerprint density at radius 2 is 1.81 bits per heavy atom. The molecule has 0 bridgehead atoms. The first-order valence-corrected chi connectivity index (χ1v) is 10.7. The van der Waals surface area contributed by atoms with Crippen LogP contribution in [0.3, 0.4) is 0 Å². The van der Waals surface area contributed by atoms with Gasteiger partial charge in [0.15, 0.2) is 8.32 Å². The Bertz CT molecular complexity index is 429. The summed E-state index contributed by atoms with van der Waals surface area (Å²) >= 11 is 0. The molecule has 0 spiro atoms. The van der Waals surface area contributed by atoms with E-state index in [1.165, 1.54) is 6.07 Å². The van der Waals surface area contributed by atoms with Crippen LogP contribution in [0.25, 0.3) is 0 Å². The van der Waals surface area contributed by atoms with Gasteiger partial charge in [-0.3, -0.25) is 0 Å². The van der Waals surface area contributed by atoms with Crippen molar-refractivity contribution in [3.8, 4) is 0 Å². The van der Waals surface area contributed by atoms with Crippen LogP contribution in [0.2, 0.25) is 18.1 Å². The first-order chi connectivity index (χ1) is 9.74. The van der Waals surface area contributed by atoms with Crippen LogP contribution in [0.4, 0.5) is 4.39 Å². The zero-order valence-corrected chi connectivity index (χ0v) is 15.1. The average molecular weight is 312 g/mol. The van der Waals surface area contributed by atoms with Crippen LogP contribution in [0.1, 0.15) is 32.8 Å². The summed E-state index contributed by atoms with van der Waals surface area (Å²) in [6.45, 7) is 13.8. The van der Waals surface area contributed by atoms with Crippen molar-refractivity contribution in [2.24, 2.45) is 0 Å². The second-order valence-corrected chi connectivity index (χ2v) is 11.9. The molecule has 0 aromatic heterocycles. The molecule has 0 atom stereocenters. The highest BCUT2D eigenvalue weighted by molar-refractivity contribution is 6.74. The van der Waals surface area contributed by atoms with Crippen molar-refractivity contribution in [2.45, 2.75) is 51.7 Å². The summed E-state index contributed by atoms with van der Waals surface area (Å²) in [5, 5.41) is 3.64. The Morgan fingerprint density at radius 1 is 1.14 bits per heavy atom. The van der Waals surface area contributed by atoms with Gasteiger partial charge >= 0.3 is 0 Å². The fraction of sp³-hybridized carbons (Fsp3) is 0.647. The van der Waals surface area contributed by atoms with Gasteiger partial charge in [-0.05, 0) is 49.1 Å². The molecule has 1 aromatic rings. The minimum Gasteiger partial charge on any atom is -0.416 e. The maximum atomic E-state index is 13.4. The van der Waals surface area contributed by atoms with Crippen molar-refractivity contribution in [2.75, 3.05) is 19.7 Å². The van der Waals surface area contributed by atoms with Crippen LogP contribution in [0.15, 0.2) is 24.3 Å². The van der Waals surface area contributed by atoms with Crippen molar-refractivity contribution in [3.05, 3.63) is 35.6 Å². The molecule has 4 heteroatoms. The molecule has 2 nitrogen and oxygen atoms in total.